The Bertz CT molecular complexity index is 621. The molecule has 2 aromatic heterocycles. The van der Waals surface area contributed by atoms with Crippen molar-refractivity contribution in [3.05, 3.63) is 34.8 Å². The van der Waals surface area contributed by atoms with E-state index in [1.165, 1.54) is 54.3 Å². The van der Waals surface area contributed by atoms with Gasteiger partial charge in [0.2, 0.25) is 0 Å². The molecule has 2 aliphatic rings. The van der Waals surface area contributed by atoms with Crippen LogP contribution in [0.2, 0.25) is 0 Å². The van der Waals surface area contributed by atoms with Crippen molar-refractivity contribution in [1.82, 2.24) is 15.1 Å². The predicted octanol–water partition coefficient (Wildman–Crippen LogP) is 3.67. The van der Waals surface area contributed by atoms with Crippen LogP contribution in [0.15, 0.2) is 24.3 Å². The highest BCUT2D eigenvalue weighted by Crippen LogP contribution is 2.41. The van der Waals surface area contributed by atoms with Gasteiger partial charge in [-0.25, -0.2) is 0 Å². The Balaban J connectivity index is 0.00000132. The molecule has 4 rings (SSSR count). The quantitative estimate of drug-likeness (QED) is 0.845. The number of thiophene rings is 1. The van der Waals surface area contributed by atoms with Crippen LogP contribution < -0.4 is 0 Å². The molecule has 2 aromatic rings. The highest BCUT2D eigenvalue weighted by atomic mass is 35.5. The van der Waals surface area contributed by atoms with Crippen LogP contribution in [0.4, 0.5) is 0 Å². The van der Waals surface area contributed by atoms with Crippen LogP contribution in [-0.4, -0.2) is 34.7 Å². The smallest absolute Gasteiger partial charge is 0.103 e. The summed E-state index contributed by atoms with van der Waals surface area (Å²) >= 11 is 1.78. The Hall–Kier alpha value is -0.970. The summed E-state index contributed by atoms with van der Waals surface area (Å²) in [5.74, 6) is 0. The second-order valence-electron chi connectivity index (χ2n) is 6.12. The van der Waals surface area contributed by atoms with E-state index in [1.807, 2.05) is 0 Å². The van der Waals surface area contributed by atoms with Crippen molar-refractivity contribution in [3.8, 4) is 10.6 Å². The normalized spacial score (nSPS) is 27.4. The maximum atomic E-state index is 4.59. The molecule has 5 heteroatoms. The largest absolute Gasteiger partial charge is 0.302 e. The molecule has 1 unspecified atom stereocenters. The summed E-state index contributed by atoms with van der Waals surface area (Å²) in [6.07, 6.45) is 3.82. The minimum Gasteiger partial charge on any atom is -0.302 e. The Morgan fingerprint density at radius 2 is 2.00 bits per heavy atom. The van der Waals surface area contributed by atoms with E-state index in [2.05, 4.69) is 46.3 Å². The second kappa shape index (κ2) is 5.67. The summed E-state index contributed by atoms with van der Waals surface area (Å²) in [5.41, 5.74) is 2.50. The summed E-state index contributed by atoms with van der Waals surface area (Å²) in [6.45, 7) is 5.80. The number of piperidine rings is 1. The zero-order valence-corrected chi connectivity index (χ0v) is 13.8. The molecule has 2 atom stereocenters. The van der Waals surface area contributed by atoms with Crippen molar-refractivity contribution in [2.75, 3.05) is 19.6 Å². The van der Waals surface area contributed by atoms with Crippen molar-refractivity contribution in [1.29, 1.82) is 0 Å². The average Bonchev–Trinajstić information content (AvgIpc) is 3.04. The summed E-state index contributed by atoms with van der Waals surface area (Å²) in [4.78, 5) is 5.11. The third-order valence-electron chi connectivity index (χ3n) is 4.76. The van der Waals surface area contributed by atoms with Crippen LogP contribution in [0.25, 0.3) is 10.6 Å². The first kappa shape index (κ1) is 14.9. The first-order chi connectivity index (χ1) is 9.75. The van der Waals surface area contributed by atoms with Gasteiger partial charge in [-0.3, -0.25) is 0 Å². The molecule has 0 N–H and O–H groups in total. The highest BCUT2D eigenvalue weighted by Gasteiger charge is 2.43. The monoisotopic (exact) mass is 321 g/mol. The number of aromatic nitrogens is 2. The van der Waals surface area contributed by atoms with Crippen molar-refractivity contribution in [2.45, 2.75) is 31.6 Å². The van der Waals surface area contributed by atoms with Crippen LogP contribution in [0, 0.1) is 6.92 Å². The number of rotatable bonds is 2. The number of fused-ring (bicyclic) bond motifs is 2. The molecule has 2 aliphatic heterocycles. The standard InChI is InChI=1S/C16H19N3S.ClH/c1-12-3-5-14(20-12)13-4-6-15(18-17-13)16-7-2-9-19(11-16)10-8-16;/h3-6H,2,7-11H2,1H3;1H/t16-;/m0./s1. The lowest BCUT2D eigenvalue weighted by Gasteiger charge is -2.33. The predicted molar refractivity (Wildman–Crippen MR) is 89.3 cm³/mol. The second-order valence-corrected chi connectivity index (χ2v) is 7.41. The topological polar surface area (TPSA) is 29.0 Å². The van der Waals surface area contributed by atoms with Crippen molar-refractivity contribution < 1.29 is 0 Å². The van der Waals surface area contributed by atoms with E-state index in [4.69, 9.17) is 0 Å². The molecule has 2 fully saturated rings. The zero-order chi connectivity index (χ0) is 13.6. The maximum absolute atomic E-state index is 4.59. The summed E-state index contributed by atoms with van der Waals surface area (Å²) in [7, 11) is 0. The molecule has 112 valence electrons. The molecule has 0 saturated carbocycles. The van der Waals surface area contributed by atoms with E-state index >= 15 is 0 Å². The van der Waals surface area contributed by atoms with E-state index in [9.17, 15) is 0 Å². The Kier molecular flexibility index (Phi) is 4.04. The van der Waals surface area contributed by atoms with Crippen LogP contribution in [0.1, 0.15) is 29.8 Å². The van der Waals surface area contributed by atoms with E-state index in [-0.39, 0.29) is 17.8 Å². The first-order valence-electron chi connectivity index (χ1n) is 7.39. The van der Waals surface area contributed by atoms with Gasteiger partial charge in [-0.1, -0.05) is 0 Å². The molecular formula is C16H20ClN3S. The lowest BCUT2D eigenvalue weighted by atomic mass is 9.78. The van der Waals surface area contributed by atoms with E-state index in [1.54, 1.807) is 11.3 Å². The lowest BCUT2D eigenvalue weighted by molar-refractivity contribution is 0.239. The van der Waals surface area contributed by atoms with Gasteiger partial charge < -0.3 is 4.90 Å². The molecule has 2 saturated heterocycles. The Morgan fingerprint density at radius 3 is 2.71 bits per heavy atom. The van der Waals surface area contributed by atoms with Gasteiger partial charge >= 0.3 is 0 Å². The number of hydrogen-bond donors (Lipinski definition) is 0. The average molecular weight is 322 g/mol. The van der Waals surface area contributed by atoms with Gasteiger partial charge in [-0.15, -0.1) is 28.8 Å². The molecule has 2 bridgehead atoms. The molecule has 0 amide bonds. The lowest BCUT2D eigenvalue weighted by Crippen LogP contribution is -2.37. The minimum atomic E-state index is 0. The Labute approximate surface area is 135 Å². The number of aryl methyl sites for hydroxylation is 1. The maximum Gasteiger partial charge on any atom is 0.103 e. The third-order valence-corrected chi connectivity index (χ3v) is 5.79. The van der Waals surface area contributed by atoms with Crippen LogP contribution in [-0.2, 0) is 5.41 Å². The molecular weight excluding hydrogens is 302 g/mol. The van der Waals surface area contributed by atoms with Gasteiger partial charge in [0.1, 0.15) is 5.69 Å². The van der Waals surface area contributed by atoms with Crippen LogP contribution in [0.5, 0.6) is 0 Å². The van der Waals surface area contributed by atoms with Gasteiger partial charge in [0.15, 0.2) is 0 Å². The molecule has 21 heavy (non-hydrogen) atoms. The summed E-state index contributed by atoms with van der Waals surface area (Å²) in [5, 5.41) is 9.08. The fraction of sp³-hybridized carbons (Fsp3) is 0.500. The SMILES string of the molecule is Cc1ccc(-c2ccc([C@@]34CCCN(CC3)C4)nn2)s1.Cl. The van der Waals surface area contributed by atoms with Gasteiger partial charge in [-0.2, -0.15) is 5.10 Å². The minimum absolute atomic E-state index is 0. The molecule has 0 radical (unpaired) electrons. The van der Waals surface area contributed by atoms with Crippen molar-refractivity contribution in [2.24, 2.45) is 0 Å². The fourth-order valence-electron chi connectivity index (χ4n) is 3.65. The molecule has 0 aromatic carbocycles. The van der Waals surface area contributed by atoms with Gasteiger partial charge in [0, 0.05) is 16.8 Å². The van der Waals surface area contributed by atoms with Gasteiger partial charge in [0.05, 0.1) is 10.6 Å². The number of nitrogens with zero attached hydrogens (tertiary/aromatic N) is 3. The van der Waals surface area contributed by atoms with Crippen molar-refractivity contribution >= 4 is 23.7 Å². The van der Waals surface area contributed by atoms with Gasteiger partial charge in [0.25, 0.3) is 0 Å². The number of halogens is 1. The van der Waals surface area contributed by atoms with Crippen LogP contribution >= 0.6 is 23.7 Å². The van der Waals surface area contributed by atoms with E-state index in [0.717, 1.165) is 5.69 Å². The molecule has 4 heterocycles. The molecule has 0 spiro atoms. The zero-order valence-electron chi connectivity index (χ0n) is 12.2. The summed E-state index contributed by atoms with van der Waals surface area (Å²) < 4.78 is 0. The molecule has 3 nitrogen and oxygen atoms in total. The molecule has 0 aliphatic carbocycles. The highest BCUT2D eigenvalue weighted by molar-refractivity contribution is 7.15. The number of hydrogen-bond acceptors (Lipinski definition) is 4. The van der Waals surface area contributed by atoms with Crippen LogP contribution in [0.3, 0.4) is 0 Å². The van der Waals surface area contributed by atoms with E-state index < -0.39 is 0 Å². The third kappa shape index (κ3) is 2.60. The van der Waals surface area contributed by atoms with E-state index in [0.29, 0.717) is 0 Å². The summed E-state index contributed by atoms with van der Waals surface area (Å²) in [6, 6.07) is 8.65. The fourth-order valence-corrected chi connectivity index (χ4v) is 4.48. The Morgan fingerprint density at radius 1 is 1.10 bits per heavy atom. The van der Waals surface area contributed by atoms with Gasteiger partial charge in [-0.05, 0) is 63.5 Å². The first-order valence-corrected chi connectivity index (χ1v) is 8.20. The van der Waals surface area contributed by atoms with Crippen molar-refractivity contribution in [3.63, 3.8) is 0 Å².